The maximum absolute atomic E-state index is 14.4. The summed E-state index contributed by atoms with van der Waals surface area (Å²) in [5.41, 5.74) is 1.87. The van der Waals surface area contributed by atoms with E-state index in [0.29, 0.717) is 59.1 Å². The molecule has 1 aromatic heterocycles. The van der Waals surface area contributed by atoms with Crippen LogP contribution in [0.15, 0.2) is 52.5 Å². The number of hydrogen-bond acceptors (Lipinski definition) is 5. The highest BCUT2D eigenvalue weighted by atomic mass is 19.1. The number of benzene rings is 2. The zero-order valence-electron chi connectivity index (χ0n) is 24.9. The van der Waals surface area contributed by atoms with Crippen molar-refractivity contribution >= 4 is 22.5 Å². The van der Waals surface area contributed by atoms with Gasteiger partial charge in [-0.1, -0.05) is 32.8 Å². The second kappa shape index (κ2) is 12.6. The summed E-state index contributed by atoms with van der Waals surface area (Å²) in [6.07, 6.45) is 5.50. The van der Waals surface area contributed by atoms with Crippen molar-refractivity contribution in [2.45, 2.75) is 78.0 Å². The fourth-order valence-electron chi connectivity index (χ4n) is 6.21. The summed E-state index contributed by atoms with van der Waals surface area (Å²) in [6.45, 7) is 11.2. The first-order valence-electron chi connectivity index (χ1n) is 14.9. The fourth-order valence-corrected chi connectivity index (χ4v) is 6.21. The topological polar surface area (TPSA) is 83.8 Å². The highest BCUT2D eigenvalue weighted by Crippen LogP contribution is 2.32. The lowest BCUT2D eigenvalue weighted by atomic mass is 9.78. The number of halogens is 1. The molecule has 0 radical (unpaired) electrons. The van der Waals surface area contributed by atoms with Crippen molar-refractivity contribution in [1.29, 1.82) is 0 Å². The Morgan fingerprint density at radius 1 is 1.12 bits per heavy atom. The normalized spacial score (nSPS) is 25.4. The number of piperazine rings is 1. The van der Waals surface area contributed by atoms with Gasteiger partial charge in [-0.2, -0.15) is 0 Å². The van der Waals surface area contributed by atoms with Crippen LogP contribution in [-0.4, -0.2) is 58.7 Å². The van der Waals surface area contributed by atoms with Crippen LogP contribution in [0.5, 0.6) is 5.75 Å². The second-order valence-electron chi connectivity index (χ2n) is 12.0. The molecule has 2 heterocycles. The van der Waals surface area contributed by atoms with E-state index in [2.05, 4.69) is 48.2 Å². The number of nitrogens with one attached hydrogen (secondary N) is 2. The van der Waals surface area contributed by atoms with Crippen molar-refractivity contribution in [3.05, 3.63) is 64.5 Å². The first kappa shape index (κ1) is 29.0. The lowest BCUT2D eigenvalue weighted by molar-refractivity contribution is 0.230. The average molecular weight is 563 g/mol. The lowest BCUT2D eigenvalue weighted by Gasteiger charge is -2.39. The van der Waals surface area contributed by atoms with E-state index < -0.39 is 0 Å². The van der Waals surface area contributed by atoms with Crippen LogP contribution in [0.1, 0.15) is 52.5 Å². The van der Waals surface area contributed by atoms with Crippen molar-refractivity contribution in [2.75, 3.05) is 25.5 Å². The van der Waals surface area contributed by atoms with Crippen LogP contribution in [0.25, 0.3) is 10.9 Å². The third kappa shape index (κ3) is 6.72. The lowest BCUT2D eigenvalue weighted by Crippen LogP contribution is -2.57. The maximum atomic E-state index is 14.4. The minimum atomic E-state index is -0.343. The molecule has 8 nitrogen and oxygen atoms in total. The Labute approximate surface area is 242 Å². The zero-order valence-corrected chi connectivity index (χ0v) is 24.9. The summed E-state index contributed by atoms with van der Waals surface area (Å²) in [5, 5.41) is 7.76. The van der Waals surface area contributed by atoms with E-state index in [1.807, 2.05) is 18.2 Å². The minimum absolute atomic E-state index is 0.140. The summed E-state index contributed by atoms with van der Waals surface area (Å²) < 4.78 is 21.0. The Balaban J connectivity index is 1.38. The maximum Gasteiger partial charge on any atom is 0.261 e. The van der Waals surface area contributed by atoms with Crippen LogP contribution < -0.4 is 20.9 Å². The molecular weight excluding hydrogens is 519 g/mol. The van der Waals surface area contributed by atoms with Crippen molar-refractivity contribution in [1.82, 2.24) is 19.8 Å². The number of ether oxygens (including phenoxy) is 1. The number of rotatable bonds is 6. The molecule has 2 aromatic carbocycles. The Bertz CT molecular complexity index is 1450. The molecule has 5 rings (SSSR count). The molecule has 2 aliphatic rings. The Kier molecular flexibility index (Phi) is 8.92. The van der Waals surface area contributed by atoms with Gasteiger partial charge in [0.05, 0.1) is 30.4 Å². The van der Waals surface area contributed by atoms with Crippen molar-refractivity contribution < 1.29 is 9.13 Å². The number of aryl methyl sites for hydroxylation is 2. The number of guanidine groups is 1. The van der Waals surface area contributed by atoms with Gasteiger partial charge in [0.2, 0.25) is 0 Å². The molecule has 5 unspecified atom stereocenters. The zero-order chi connectivity index (χ0) is 29.1. The molecule has 3 aromatic rings. The van der Waals surface area contributed by atoms with E-state index in [0.717, 1.165) is 31.2 Å². The average Bonchev–Trinajstić information content (AvgIpc) is 2.94. The predicted molar refractivity (Wildman–Crippen MR) is 163 cm³/mol. The number of aliphatic imine (C=N–C) groups is 1. The van der Waals surface area contributed by atoms with Gasteiger partial charge in [-0.15, -0.1) is 0 Å². The minimum Gasteiger partial charge on any atom is -0.497 e. The molecule has 1 saturated carbocycles. The number of anilines is 1. The van der Waals surface area contributed by atoms with Gasteiger partial charge in [-0.3, -0.25) is 9.36 Å². The smallest absolute Gasteiger partial charge is 0.261 e. The molecule has 0 spiro atoms. The third-order valence-corrected chi connectivity index (χ3v) is 8.77. The third-order valence-electron chi connectivity index (χ3n) is 8.77. The first-order valence-corrected chi connectivity index (χ1v) is 14.9. The molecule has 41 heavy (non-hydrogen) atoms. The van der Waals surface area contributed by atoms with Crippen LogP contribution in [0.3, 0.4) is 0 Å². The molecule has 1 aliphatic heterocycles. The number of aromatic nitrogens is 2. The predicted octanol–water partition coefficient (Wildman–Crippen LogP) is 5.06. The summed E-state index contributed by atoms with van der Waals surface area (Å²) >= 11 is 0. The van der Waals surface area contributed by atoms with E-state index in [9.17, 15) is 9.18 Å². The van der Waals surface area contributed by atoms with Gasteiger partial charge in [-0.25, -0.2) is 14.4 Å². The SMILES string of the molecule is COc1ccc(CCn2cnc3cc(NC(=NC4CCCC(C)C4C)N4CC(C)NC(C)C4)ccc3c2=O)c(F)c1. The molecular formula is C32H43FN6O2. The Morgan fingerprint density at radius 3 is 2.63 bits per heavy atom. The van der Waals surface area contributed by atoms with E-state index in [-0.39, 0.29) is 17.4 Å². The standard InChI is InChI=1S/C32H43FN6O2/c1-20-7-6-8-29(23(20)4)37-32(39-17-21(2)35-22(3)18-39)36-25-10-12-27-30(15-25)34-19-38(31(27)40)14-13-24-9-11-26(41-5)16-28(24)33/h9-12,15-16,19-23,29,35H,6-8,13-14,17-18H2,1-5H3,(H,36,37). The Hall–Kier alpha value is -3.46. The summed E-state index contributed by atoms with van der Waals surface area (Å²) in [6, 6.07) is 11.4. The number of hydrogen-bond donors (Lipinski definition) is 2. The number of fused-ring (bicyclic) bond motifs is 1. The quantitative estimate of drug-likeness (QED) is 0.323. The van der Waals surface area contributed by atoms with E-state index in [1.165, 1.54) is 26.0 Å². The van der Waals surface area contributed by atoms with E-state index >= 15 is 0 Å². The van der Waals surface area contributed by atoms with Crippen molar-refractivity contribution in [2.24, 2.45) is 16.8 Å². The highest BCUT2D eigenvalue weighted by Gasteiger charge is 2.30. The van der Waals surface area contributed by atoms with E-state index in [1.54, 1.807) is 23.0 Å². The molecule has 2 fully saturated rings. The molecule has 0 bridgehead atoms. The summed E-state index contributed by atoms with van der Waals surface area (Å²) in [5.74, 6) is 2.21. The monoisotopic (exact) mass is 562 g/mol. The molecule has 5 atom stereocenters. The number of nitrogens with zero attached hydrogens (tertiary/aromatic N) is 4. The van der Waals surface area contributed by atoms with Gasteiger partial charge in [0.25, 0.3) is 5.56 Å². The van der Waals surface area contributed by atoms with Gasteiger partial charge < -0.3 is 20.3 Å². The first-order chi connectivity index (χ1) is 19.7. The largest absolute Gasteiger partial charge is 0.497 e. The highest BCUT2D eigenvalue weighted by molar-refractivity contribution is 5.96. The Morgan fingerprint density at radius 2 is 1.90 bits per heavy atom. The molecule has 9 heteroatoms. The van der Waals surface area contributed by atoms with Crippen LogP contribution in [0.4, 0.5) is 10.1 Å². The van der Waals surface area contributed by atoms with Crippen LogP contribution in [0, 0.1) is 17.7 Å². The van der Waals surface area contributed by atoms with Crippen LogP contribution >= 0.6 is 0 Å². The van der Waals surface area contributed by atoms with Crippen LogP contribution in [-0.2, 0) is 13.0 Å². The van der Waals surface area contributed by atoms with Gasteiger partial charge in [0.15, 0.2) is 5.96 Å². The van der Waals surface area contributed by atoms with Gasteiger partial charge in [0, 0.05) is 43.5 Å². The molecule has 0 amide bonds. The van der Waals surface area contributed by atoms with Crippen molar-refractivity contribution in [3.63, 3.8) is 0 Å². The van der Waals surface area contributed by atoms with Crippen molar-refractivity contribution in [3.8, 4) is 5.75 Å². The number of methoxy groups -OCH3 is 1. The van der Waals surface area contributed by atoms with Gasteiger partial charge in [0.1, 0.15) is 11.6 Å². The summed E-state index contributed by atoms with van der Waals surface area (Å²) in [4.78, 5) is 25.5. The van der Waals surface area contributed by atoms with Gasteiger partial charge >= 0.3 is 0 Å². The summed E-state index contributed by atoms with van der Waals surface area (Å²) in [7, 11) is 1.51. The van der Waals surface area contributed by atoms with Gasteiger partial charge in [-0.05, 0) is 68.4 Å². The molecule has 2 N–H and O–H groups in total. The van der Waals surface area contributed by atoms with E-state index in [4.69, 9.17) is 9.73 Å². The second-order valence-corrected chi connectivity index (χ2v) is 12.0. The van der Waals surface area contributed by atoms with Crippen LogP contribution in [0.2, 0.25) is 0 Å². The molecule has 220 valence electrons. The molecule has 1 aliphatic carbocycles. The fraction of sp³-hybridized carbons (Fsp3) is 0.531. The molecule has 1 saturated heterocycles.